The van der Waals surface area contributed by atoms with Crippen LogP contribution in [-0.2, 0) is 11.2 Å². The number of unbranched alkanes of at least 4 members (excludes halogenated alkanes) is 1. The van der Waals surface area contributed by atoms with E-state index in [-0.39, 0.29) is 6.54 Å². The molecule has 2 aromatic rings. The van der Waals surface area contributed by atoms with E-state index in [9.17, 15) is 4.79 Å². The van der Waals surface area contributed by atoms with Gasteiger partial charge in [0.2, 0.25) is 0 Å². The number of carbonyl (C=O) groups excluding carboxylic acids is 1. The summed E-state index contributed by atoms with van der Waals surface area (Å²) in [4.78, 5) is 15.7. The highest BCUT2D eigenvalue weighted by Crippen LogP contribution is 2.21. The highest BCUT2D eigenvalue weighted by Gasteiger charge is 2.13. The molecule has 0 radical (unpaired) electrons. The zero-order valence-electron chi connectivity index (χ0n) is 11.8. The van der Waals surface area contributed by atoms with Crippen molar-refractivity contribution in [2.45, 2.75) is 33.1 Å². The number of aryl methyl sites for hydroxylation is 2. The van der Waals surface area contributed by atoms with Gasteiger partial charge in [0.05, 0.1) is 12.2 Å². The lowest BCUT2D eigenvalue weighted by molar-refractivity contribution is -0.127. The van der Waals surface area contributed by atoms with Gasteiger partial charge in [0.1, 0.15) is 11.5 Å². The lowest BCUT2D eigenvalue weighted by atomic mass is 10.2. The zero-order valence-corrected chi connectivity index (χ0v) is 11.8. The molecule has 3 N–H and O–H groups in total. The van der Waals surface area contributed by atoms with Gasteiger partial charge in [-0.3, -0.25) is 10.0 Å². The summed E-state index contributed by atoms with van der Waals surface area (Å²) in [6.45, 7) is 4.15. The molecule has 0 spiro atoms. The van der Waals surface area contributed by atoms with Crippen molar-refractivity contribution in [3.05, 3.63) is 29.6 Å². The third kappa shape index (κ3) is 2.91. The van der Waals surface area contributed by atoms with Gasteiger partial charge in [-0.2, -0.15) is 0 Å². The normalized spacial score (nSPS) is 10.8. The van der Waals surface area contributed by atoms with Crippen molar-refractivity contribution >= 4 is 17.4 Å². The van der Waals surface area contributed by atoms with Crippen LogP contribution in [-0.4, -0.2) is 27.0 Å². The summed E-state index contributed by atoms with van der Waals surface area (Å²) >= 11 is 0. The summed E-state index contributed by atoms with van der Waals surface area (Å²) in [5.74, 6) is 0.219. The predicted molar refractivity (Wildman–Crippen MR) is 77.0 cm³/mol. The van der Waals surface area contributed by atoms with E-state index in [4.69, 9.17) is 5.21 Å². The fraction of sp³-hybridized carbons (Fsp3) is 0.429. The predicted octanol–water partition coefficient (Wildman–Crippen LogP) is 1.90. The molecule has 2 heterocycles. The van der Waals surface area contributed by atoms with Gasteiger partial charge in [0.25, 0.3) is 5.91 Å². The molecule has 1 amide bonds. The second kappa shape index (κ2) is 6.38. The lowest BCUT2D eigenvalue weighted by Gasteiger charge is -2.06. The minimum atomic E-state index is -0.486. The fourth-order valence-electron chi connectivity index (χ4n) is 2.18. The average molecular weight is 276 g/mol. The second-order valence-electron chi connectivity index (χ2n) is 4.78. The highest BCUT2D eigenvalue weighted by atomic mass is 16.5. The molecular formula is C14H20N4O2. The number of amides is 1. The van der Waals surface area contributed by atoms with Crippen LogP contribution in [0.15, 0.2) is 18.3 Å². The number of hydrogen-bond acceptors (Lipinski definition) is 4. The molecule has 0 atom stereocenters. The number of nitrogens with one attached hydrogen (secondary N) is 2. The van der Waals surface area contributed by atoms with E-state index >= 15 is 0 Å². The molecule has 2 rings (SSSR count). The number of hydrogen-bond donors (Lipinski definition) is 3. The molecule has 0 aromatic carbocycles. The Morgan fingerprint density at radius 2 is 2.30 bits per heavy atom. The van der Waals surface area contributed by atoms with Crippen LogP contribution in [0.5, 0.6) is 0 Å². The van der Waals surface area contributed by atoms with Crippen LogP contribution in [0.2, 0.25) is 0 Å². The minimum Gasteiger partial charge on any atom is -0.359 e. The highest BCUT2D eigenvalue weighted by molar-refractivity contribution is 5.79. The van der Waals surface area contributed by atoms with E-state index in [1.807, 2.05) is 25.3 Å². The molecule has 0 aliphatic carbocycles. The summed E-state index contributed by atoms with van der Waals surface area (Å²) in [5, 5.41) is 11.5. The number of aromatic nitrogens is 2. The topological polar surface area (TPSA) is 78.7 Å². The third-order valence-electron chi connectivity index (χ3n) is 3.25. The first-order chi connectivity index (χ1) is 9.67. The van der Waals surface area contributed by atoms with Crippen LogP contribution in [0.1, 0.15) is 31.0 Å². The molecule has 6 heteroatoms. The number of hydroxylamine groups is 1. The molecule has 0 saturated carbocycles. The number of rotatable bonds is 6. The number of pyridine rings is 1. The van der Waals surface area contributed by atoms with Crippen molar-refractivity contribution in [2.75, 3.05) is 11.9 Å². The van der Waals surface area contributed by atoms with E-state index in [1.54, 1.807) is 5.48 Å². The molecule has 0 aliphatic heterocycles. The van der Waals surface area contributed by atoms with Crippen LogP contribution in [0.25, 0.3) is 5.65 Å². The molecular weight excluding hydrogens is 256 g/mol. The van der Waals surface area contributed by atoms with Gasteiger partial charge in [0, 0.05) is 6.20 Å². The number of anilines is 1. The van der Waals surface area contributed by atoms with Crippen molar-refractivity contribution in [3.63, 3.8) is 0 Å². The third-order valence-corrected chi connectivity index (χ3v) is 3.25. The van der Waals surface area contributed by atoms with Crippen LogP contribution < -0.4 is 10.8 Å². The Balaban J connectivity index is 2.35. The first kappa shape index (κ1) is 14.3. The Hall–Kier alpha value is -2.08. The smallest absolute Gasteiger partial charge is 0.262 e. The van der Waals surface area contributed by atoms with Gasteiger partial charge in [-0.1, -0.05) is 19.4 Å². The van der Waals surface area contributed by atoms with Crippen LogP contribution in [0.3, 0.4) is 0 Å². The van der Waals surface area contributed by atoms with Crippen LogP contribution >= 0.6 is 0 Å². The van der Waals surface area contributed by atoms with E-state index in [2.05, 4.69) is 21.6 Å². The van der Waals surface area contributed by atoms with E-state index in [0.29, 0.717) is 5.82 Å². The Morgan fingerprint density at radius 1 is 1.50 bits per heavy atom. The van der Waals surface area contributed by atoms with E-state index in [0.717, 1.165) is 36.2 Å². The summed E-state index contributed by atoms with van der Waals surface area (Å²) < 4.78 is 2.06. The molecule has 6 nitrogen and oxygen atoms in total. The van der Waals surface area contributed by atoms with E-state index < -0.39 is 5.91 Å². The molecule has 0 saturated heterocycles. The van der Waals surface area contributed by atoms with Crippen molar-refractivity contribution in [1.82, 2.24) is 14.9 Å². The van der Waals surface area contributed by atoms with Crippen molar-refractivity contribution in [3.8, 4) is 0 Å². The quantitative estimate of drug-likeness (QED) is 0.556. The Labute approximate surface area is 117 Å². The SMILES string of the molecule is CCCCc1c(NCC(=O)NO)nc2c(C)cccn12. The maximum Gasteiger partial charge on any atom is 0.262 e. The van der Waals surface area contributed by atoms with E-state index in [1.165, 1.54) is 0 Å². The maximum atomic E-state index is 11.1. The second-order valence-corrected chi connectivity index (χ2v) is 4.78. The zero-order chi connectivity index (χ0) is 14.5. The monoisotopic (exact) mass is 276 g/mol. The first-order valence-corrected chi connectivity index (χ1v) is 6.80. The number of carbonyl (C=O) groups is 1. The molecule has 0 aliphatic rings. The largest absolute Gasteiger partial charge is 0.359 e. The number of imidazole rings is 1. The summed E-state index contributed by atoms with van der Waals surface area (Å²) in [5.41, 5.74) is 4.65. The number of fused-ring (bicyclic) bond motifs is 1. The summed E-state index contributed by atoms with van der Waals surface area (Å²) in [7, 11) is 0. The van der Waals surface area contributed by atoms with Crippen LogP contribution in [0.4, 0.5) is 5.82 Å². The molecule has 2 aromatic heterocycles. The maximum absolute atomic E-state index is 11.1. The molecule has 20 heavy (non-hydrogen) atoms. The molecule has 0 bridgehead atoms. The van der Waals surface area contributed by atoms with Gasteiger partial charge >= 0.3 is 0 Å². The van der Waals surface area contributed by atoms with Crippen molar-refractivity contribution in [2.24, 2.45) is 0 Å². The minimum absolute atomic E-state index is 0.00143. The van der Waals surface area contributed by atoms with Gasteiger partial charge < -0.3 is 9.72 Å². The summed E-state index contributed by atoms with van der Waals surface area (Å²) in [6.07, 6.45) is 5.03. The first-order valence-electron chi connectivity index (χ1n) is 6.80. The van der Waals surface area contributed by atoms with Crippen molar-refractivity contribution < 1.29 is 10.0 Å². The van der Waals surface area contributed by atoms with Gasteiger partial charge in [0.15, 0.2) is 0 Å². The Morgan fingerprint density at radius 3 is 3.00 bits per heavy atom. The van der Waals surface area contributed by atoms with Crippen molar-refractivity contribution in [1.29, 1.82) is 0 Å². The fourth-order valence-corrected chi connectivity index (χ4v) is 2.18. The number of nitrogens with zero attached hydrogens (tertiary/aromatic N) is 2. The van der Waals surface area contributed by atoms with Gasteiger partial charge in [-0.05, 0) is 31.4 Å². The Kier molecular flexibility index (Phi) is 4.57. The lowest BCUT2D eigenvalue weighted by Crippen LogP contribution is -2.27. The molecule has 108 valence electrons. The van der Waals surface area contributed by atoms with Gasteiger partial charge in [-0.25, -0.2) is 10.5 Å². The average Bonchev–Trinajstić information content (AvgIpc) is 2.81. The molecule has 0 fully saturated rings. The summed E-state index contributed by atoms with van der Waals surface area (Å²) in [6, 6.07) is 4.00. The Bertz CT molecular complexity index is 606. The molecule has 0 unspecified atom stereocenters. The van der Waals surface area contributed by atoms with Gasteiger partial charge in [-0.15, -0.1) is 0 Å². The standard InChI is InChI=1S/C14H20N4O2/c1-3-4-7-11-13(15-9-12(19)17-20)16-14-10(2)6-5-8-18(11)14/h5-6,8,15,20H,3-4,7,9H2,1-2H3,(H,17,19). The van der Waals surface area contributed by atoms with Crippen LogP contribution in [0, 0.1) is 6.92 Å².